The minimum absolute atomic E-state index is 0.604. The second-order valence-corrected chi connectivity index (χ2v) is 6.08. The number of methoxy groups -OCH3 is 1. The molecule has 0 aliphatic heterocycles. The SMILES string of the molecule is CCCN(CCC)C1Cc2c[nH]c3ccc(OC)c(c23)C1. The highest BCUT2D eigenvalue weighted by Crippen LogP contribution is 2.36. The van der Waals surface area contributed by atoms with Gasteiger partial charge in [0.15, 0.2) is 0 Å². The standard InChI is InChI=1S/C18H26N2O/c1-4-8-20(9-5-2)14-10-13-12-19-16-6-7-17(21-3)15(11-14)18(13)16/h6-7,12,14,19H,4-5,8-11H2,1-3H3. The van der Waals surface area contributed by atoms with Gasteiger partial charge in [0.05, 0.1) is 7.11 Å². The van der Waals surface area contributed by atoms with Gasteiger partial charge in [-0.05, 0) is 56.5 Å². The van der Waals surface area contributed by atoms with Crippen molar-refractivity contribution in [1.29, 1.82) is 0 Å². The van der Waals surface area contributed by atoms with Crippen molar-refractivity contribution in [3.8, 4) is 5.75 Å². The molecule has 0 amide bonds. The van der Waals surface area contributed by atoms with Gasteiger partial charge in [-0.2, -0.15) is 0 Å². The number of benzene rings is 1. The summed E-state index contributed by atoms with van der Waals surface area (Å²) in [6, 6.07) is 4.84. The lowest BCUT2D eigenvalue weighted by Crippen LogP contribution is -2.41. The minimum atomic E-state index is 0.604. The molecule has 3 heteroatoms. The van der Waals surface area contributed by atoms with Crippen LogP contribution in [0.5, 0.6) is 5.75 Å². The van der Waals surface area contributed by atoms with E-state index in [1.165, 1.54) is 48.0 Å². The van der Waals surface area contributed by atoms with Crippen molar-refractivity contribution in [3.05, 3.63) is 29.5 Å². The van der Waals surface area contributed by atoms with Crippen molar-refractivity contribution in [2.75, 3.05) is 20.2 Å². The van der Waals surface area contributed by atoms with Crippen LogP contribution in [0.3, 0.4) is 0 Å². The second-order valence-electron chi connectivity index (χ2n) is 6.08. The molecule has 0 radical (unpaired) electrons. The van der Waals surface area contributed by atoms with Gasteiger partial charge in [-0.3, -0.25) is 4.90 Å². The van der Waals surface area contributed by atoms with Crippen molar-refractivity contribution < 1.29 is 4.74 Å². The molecule has 0 bridgehead atoms. The molecule has 2 aromatic rings. The van der Waals surface area contributed by atoms with Crippen molar-refractivity contribution in [1.82, 2.24) is 9.88 Å². The first-order valence-corrected chi connectivity index (χ1v) is 8.18. The first-order chi connectivity index (χ1) is 10.3. The molecule has 0 saturated heterocycles. The van der Waals surface area contributed by atoms with E-state index in [1.807, 2.05) is 0 Å². The molecule has 1 aromatic carbocycles. The smallest absolute Gasteiger partial charge is 0.122 e. The van der Waals surface area contributed by atoms with E-state index in [0.29, 0.717) is 6.04 Å². The maximum absolute atomic E-state index is 5.62. The Morgan fingerprint density at radius 3 is 2.62 bits per heavy atom. The van der Waals surface area contributed by atoms with Crippen LogP contribution in [-0.4, -0.2) is 36.1 Å². The highest BCUT2D eigenvalue weighted by Gasteiger charge is 2.27. The molecule has 1 N–H and O–H groups in total. The van der Waals surface area contributed by atoms with E-state index in [4.69, 9.17) is 4.74 Å². The van der Waals surface area contributed by atoms with Crippen LogP contribution in [0.1, 0.15) is 37.8 Å². The van der Waals surface area contributed by atoms with Gasteiger partial charge >= 0.3 is 0 Å². The molecule has 3 nitrogen and oxygen atoms in total. The molecule has 1 unspecified atom stereocenters. The topological polar surface area (TPSA) is 28.3 Å². The fourth-order valence-electron chi connectivity index (χ4n) is 3.78. The number of hydrogen-bond donors (Lipinski definition) is 1. The Balaban J connectivity index is 1.97. The highest BCUT2D eigenvalue weighted by molar-refractivity contribution is 5.89. The van der Waals surface area contributed by atoms with Crippen LogP contribution in [0.2, 0.25) is 0 Å². The van der Waals surface area contributed by atoms with Crippen LogP contribution in [-0.2, 0) is 12.8 Å². The number of aromatic nitrogens is 1. The summed E-state index contributed by atoms with van der Waals surface area (Å²) in [6.07, 6.45) is 6.89. The fourth-order valence-corrected chi connectivity index (χ4v) is 3.78. The molecule has 0 saturated carbocycles. The molecule has 1 aliphatic rings. The molecular formula is C18H26N2O. The van der Waals surface area contributed by atoms with Crippen LogP contribution >= 0.6 is 0 Å². The Morgan fingerprint density at radius 1 is 1.19 bits per heavy atom. The maximum Gasteiger partial charge on any atom is 0.122 e. The Hall–Kier alpha value is -1.48. The Bertz CT molecular complexity index is 611. The third-order valence-electron chi connectivity index (χ3n) is 4.65. The molecule has 1 atom stereocenters. The van der Waals surface area contributed by atoms with Gasteiger partial charge in [0.2, 0.25) is 0 Å². The van der Waals surface area contributed by atoms with Crippen molar-refractivity contribution in [3.63, 3.8) is 0 Å². The average molecular weight is 286 g/mol. The number of rotatable bonds is 6. The van der Waals surface area contributed by atoms with Gasteiger partial charge in [-0.1, -0.05) is 13.8 Å². The molecule has 1 aliphatic carbocycles. The van der Waals surface area contributed by atoms with Gasteiger partial charge in [-0.25, -0.2) is 0 Å². The Labute approximate surface area is 127 Å². The molecular weight excluding hydrogens is 260 g/mol. The molecule has 1 aromatic heterocycles. The maximum atomic E-state index is 5.62. The first kappa shape index (κ1) is 14.5. The molecule has 3 rings (SSSR count). The largest absolute Gasteiger partial charge is 0.496 e. The highest BCUT2D eigenvalue weighted by atomic mass is 16.5. The summed E-state index contributed by atoms with van der Waals surface area (Å²) < 4.78 is 5.62. The number of nitrogens with zero attached hydrogens (tertiary/aromatic N) is 1. The van der Waals surface area contributed by atoms with Crippen LogP contribution < -0.4 is 4.74 Å². The zero-order chi connectivity index (χ0) is 14.8. The summed E-state index contributed by atoms with van der Waals surface area (Å²) in [4.78, 5) is 6.08. The minimum Gasteiger partial charge on any atom is -0.496 e. The van der Waals surface area contributed by atoms with E-state index in [2.05, 4.69) is 42.1 Å². The number of H-pyrrole nitrogens is 1. The van der Waals surface area contributed by atoms with E-state index < -0.39 is 0 Å². The lowest BCUT2D eigenvalue weighted by atomic mass is 9.87. The Kier molecular flexibility index (Phi) is 4.20. The number of aromatic amines is 1. The summed E-state index contributed by atoms with van der Waals surface area (Å²) in [7, 11) is 1.78. The van der Waals surface area contributed by atoms with Crippen LogP contribution in [0.25, 0.3) is 10.9 Å². The number of nitrogens with one attached hydrogen (secondary N) is 1. The van der Waals surface area contributed by atoms with Gasteiger partial charge in [0, 0.05) is 28.7 Å². The third-order valence-corrected chi connectivity index (χ3v) is 4.65. The van der Waals surface area contributed by atoms with Gasteiger partial charge in [0.25, 0.3) is 0 Å². The van der Waals surface area contributed by atoms with Crippen molar-refractivity contribution in [2.45, 2.75) is 45.6 Å². The number of hydrogen-bond acceptors (Lipinski definition) is 2. The lowest BCUT2D eigenvalue weighted by Gasteiger charge is -2.34. The first-order valence-electron chi connectivity index (χ1n) is 8.18. The monoisotopic (exact) mass is 286 g/mol. The third kappa shape index (κ3) is 2.55. The lowest BCUT2D eigenvalue weighted by molar-refractivity contribution is 0.191. The second kappa shape index (κ2) is 6.10. The quantitative estimate of drug-likeness (QED) is 0.875. The van der Waals surface area contributed by atoms with Crippen molar-refractivity contribution >= 4 is 10.9 Å². The van der Waals surface area contributed by atoms with E-state index in [9.17, 15) is 0 Å². The molecule has 1 heterocycles. The summed E-state index contributed by atoms with van der Waals surface area (Å²) in [5.74, 6) is 1.04. The van der Waals surface area contributed by atoms with Gasteiger partial charge < -0.3 is 9.72 Å². The molecule has 114 valence electrons. The van der Waals surface area contributed by atoms with E-state index in [1.54, 1.807) is 7.11 Å². The zero-order valence-corrected chi connectivity index (χ0v) is 13.4. The average Bonchev–Trinajstić information content (AvgIpc) is 2.92. The predicted octanol–water partition coefficient (Wildman–Crippen LogP) is 3.77. The zero-order valence-electron chi connectivity index (χ0n) is 13.4. The number of ether oxygens (including phenoxy) is 1. The van der Waals surface area contributed by atoms with Gasteiger partial charge in [0.1, 0.15) is 5.75 Å². The molecule has 0 spiro atoms. The van der Waals surface area contributed by atoms with Crippen LogP contribution in [0, 0.1) is 0 Å². The van der Waals surface area contributed by atoms with Gasteiger partial charge in [-0.15, -0.1) is 0 Å². The van der Waals surface area contributed by atoms with Crippen molar-refractivity contribution in [2.24, 2.45) is 0 Å². The van der Waals surface area contributed by atoms with Crippen LogP contribution in [0.4, 0.5) is 0 Å². The summed E-state index contributed by atoms with van der Waals surface area (Å²) in [6.45, 7) is 6.93. The van der Waals surface area contributed by atoms with E-state index in [0.717, 1.165) is 18.6 Å². The Morgan fingerprint density at radius 2 is 1.95 bits per heavy atom. The molecule has 21 heavy (non-hydrogen) atoms. The predicted molar refractivity (Wildman–Crippen MR) is 88.2 cm³/mol. The van der Waals surface area contributed by atoms with Crippen LogP contribution in [0.15, 0.2) is 18.3 Å². The van der Waals surface area contributed by atoms with E-state index >= 15 is 0 Å². The fraction of sp³-hybridized carbons (Fsp3) is 0.556. The summed E-state index contributed by atoms with van der Waals surface area (Å²) in [5, 5.41) is 1.40. The van der Waals surface area contributed by atoms with E-state index in [-0.39, 0.29) is 0 Å². The summed E-state index contributed by atoms with van der Waals surface area (Å²) in [5.41, 5.74) is 4.09. The summed E-state index contributed by atoms with van der Waals surface area (Å²) >= 11 is 0. The normalized spacial score (nSPS) is 17.6. The molecule has 0 fully saturated rings.